The molecule has 0 bridgehead atoms. The summed E-state index contributed by atoms with van der Waals surface area (Å²) in [5.41, 5.74) is 0.328. The van der Waals surface area contributed by atoms with E-state index in [4.69, 9.17) is 4.43 Å². The third-order valence-corrected chi connectivity index (χ3v) is 3.61. The van der Waals surface area contributed by atoms with Crippen LogP contribution in [0.15, 0.2) is 0 Å². The fourth-order valence-corrected chi connectivity index (χ4v) is 1.97. The summed E-state index contributed by atoms with van der Waals surface area (Å²) in [6.07, 6.45) is 1.27. The number of aliphatic hydroxyl groups is 1. The number of aliphatic hydroxyl groups excluding tert-OH is 1. The molecule has 0 aromatic heterocycles. The average molecular weight is 218 g/mol. The zero-order chi connectivity index (χ0) is 11.4. The van der Waals surface area contributed by atoms with Gasteiger partial charge in [-0.15, -0.1) is 0 Å². The van der Waals surface area contributed by atoms with E-state index in [0.29, 0.717) is 11.3 Å². The zero-order valence-corrected chi connectivity index (χ0v) is 11.7. The van der Waals surface area contributed by atoms with Crippen LogP contribution in [0.2, 0.25) is 13.1 Å². The summed E-state index contributed by atoms with van der Waals surface area (Å²) >= 11 is 0. The highest BCUT2D eigenvalue weighted by Crippen LogP contribution is 2.29. The van der Waals surface area contributed by atoms with Crippen LogP contribution < -0.4 is 0 Å². The summed E-state index contributed by atoms with van der Waals surface area (Å²) < 4.78 is 5.41. The number of hydrogen-bond donors (Lipinski definition) is 1. The average Bonchev–Trinajstić information content (AvgIpc) is 1.96. The molecule has 1 N–H and O–H groups in total. The van der Waals surface area contributed by atoms with Crippen LogP contribution in [-0.4, -0.2) is 20.4 Å². The Hall–Kier alpha value is 0.137. The maximum atomic E-state index is 9.55. The van der Waals surface area contributed by atoms with Gasteiger partial charge in [0.2, 0.25) is 0 Å². The normalized spacial score (nSPS) is 17.1. The highest BCUT2D eigenvalue weighted by atomic mass is 28.3. The minimum absolute atomic E-state index is 0.328. The smallest absolute Gasteiger partial charge is 0.174 e. The fraction of sp³-hybridized carbons (Fsp3) is 1.00. The van der Waals surface area contributed by atoms with Crippen LogP contribution in [0.5, 0.6) is 0 Å². The van der Waals surface area contributed by atoms with Crippen molar-refractivity contribution in [1.82, 2.24) is 0 Å². The summed E-state index contributed by atoms with van der Waals surface area (Å²) in [5, 5.41) is 9.55. The van der Waals surface area contributed by atoms with Gasteiger partial charge in [0.15, 0.2) is 9.04 Å². The molecule has 0 amide bonds. The monoisotopic (exact) mass is 218 g/mol. The maximum absolute atomic E-state index is 9.55. The van der Waals surface area contributed by atoms with Gasteiger partial charge in [0.25, 0.3) is 0 Å². The molecule has 86 valence electrons. The first-order chi connectivity index (χ1) is 6.23. The Labute approximate surface area is 90.4 Å². The van der Waals surface area contributed by atoms with Gasteiger partial charge in [0.1, 0.15) is 6.29 Å². The van der Waals surface area contributed by atoms with E-state index in [2.05, 4.69) is 40.8 Å². The predicted molar refractivity (Wildman–Crippen MR) is 63.8 cm³/mol. The molecule has 0 rings (SSSR count). The second kappa shape index (κ2) is 5.88. The van der Waals surface area contributed by atoms with Gasteiger partial charge in [-0.25, -0.2) is 0 Å². The van der Waals surface area contributed by atoms with Crippen LogP contribution in [0.3, 0.4) is 0 Å². The van der Waals surface area contributed by atoms with Gasteiger partial charge < -0.3 is 9.53 Å². The van der Waals surface area contributed by atoms with Crippen LogP contribution >= 0.6 is 0 Å². The van der Waals surface area contributed by atoms with Crippen molar-refractivity contribution in [3.05, 3.63) is 0 Å². The van der Waals surface area contributed by atoms with Gasteiger partial charge in [-0.1, -0.05) is 27.7 Å². The van der Waals surface area contributed by atoms with E-state index >= 15 is 0 Å². The lowest BCUT2D eigenvalue weighted by atomic mass is 9.79. The van der Waals surface area contributed by atoms with E-state index in [0.717, 1.165) is 12.8 Å². The highest BCUT2D eigenvalue weighted by Gasteiger charge is 2.20. The summed E-state index contributed by atoms with van der Waals surface area (Å²) in [6.45, 7) is 13.1. The Morgan fingerprint density at radius 2 is 1.71 bits per heavy atom. The van der Waals surface area contributed by atoms with Gasteiger partial charge in [0, 0.05) is 0 Å². The van der Waals surface area contributed by atoms with E-state index in [1.165, 1.54) is 0 Å². The maximum Gasteiger partial charge on any atom is 0.174 e. The highest BCUT2D eigenvalue weighted by molar-refractivity contribution is 6.48. The van der Waals surface area contributed by atoms with Crippen LogP contribution in [-0.2, 0) is 4.43 Å². The summed E-state index contributed by atoms with van der Waals surface area (Å²) in [4.78, 5) is 0. The van der Waals surface area contributed by atoms with E-state index in [9.17, 15) is 5.11 Å². The molecule has 1 unspecified atom stereocenters. The minimum atomic E-state index is -1.08. The summed E-state index contributed by atoms with van der Waals surface area (Å²) in [5.74, 6) is 0.620. The molecule has 0 aromatic rings. The Morgan fingerprint density at radius 3 is 2.07 bits per heavy atom. The second-order valence-electron chi connectivity index (χ2n) is 5.48. The first-order valence-electron chi connectivity index (χ1n) is 5.57. The number of hydrogen-bond acceptors (Lipinski definition) is 2. The summed E-state index contributed by atoms with van der Waals surface area (Å²) in [6, 6.07) is 0. The van der Waals surface area contributed by atoms with Crippen molar-refractivity contribution in [2.75, 3.05) is 0 Å². The molecule has 14 heavy (non-hydrogen) atoms. The lowest BCUT2D eigenvalue weighted by Crippen LogP contribution is -2.23. The molecular weight excluding hydrogens is 192 g/mol. The quantitative estimate of drug-likeness (QED) is 0.568. The Kier molecular flexibility index (Phi) is 5.94. The fourth-order valence-electron chi connectivity index (χ4n) is 1.21. The molecule has 0 heterocycles. The van der Waals surface area contributed by atoms with Crippen LogP contribution in [0, 0.1) is 11.3 Å². The molecule has 0 fully saturated rings. The van der Waals surface area contributed by atoms with Gasteiger partial charge in [-0.3, -0.25) is 0 Å². The lowest BCUT2D eigenvalue weighted by molar-refractivity contribution is -0.0312. The topological polar surface area (TPSA) is 29.5 Å². The first kappa shape index (κ1) is 14.1. The van der Waals surface area contributed by atoms with Crippen molar-refractivity contribution in [3.63, 3.8) is 0 Å². The van der Waals surface area contributed by atoms with Crippen molar-refractivity contribution < 1.29 is 9.53 Å². The predicted octanol–water partition coefficient (Wildman–Crippen LogP) is 2.77. The third kappa shape index (κ3) is 6.57. The van der Waals surface area contributed by atoms with Crippen LogP contribution in [0.25, 0.3) is 0 Å². The minimum Gasteiger partial charge on any atom is -0.396 e. The van der Waals surface area contributed by atoms with E-state index in [1.54, 1.807) is 0 Å². The second-order valence-corrected chi connectivity index (χ2v) is 7.85. The van der Waals surface area contributed by atoms with Crippen molar-refractivity contribution in [2.24, 2.45) is 11.3 Å². The van der Waals surface area contributed by atoms with E-state index in [1.807, 2.05) is 0 Å². The van der Waals surface area contributed by atoms with E-state index < -0.39 is 15.3 Å². The Balaban J connectivity index is 3.72. The lowest BCUT2D eigenvalue weighted by Gasteiger charge is -2.28. The van der Waals surface area contributed by atoms with Crippen molar-refractivity contribution in [1.29, 1.82) is 0 Å². The van der Waals surface area contributed by atoms with Crippen molar-refractivity contribution >= 4 is 9.04 Å². The Bertz CT molecular complexity index is 152. The molecule has 0 saturated heterocycles. The summed E-state index contributed by atoms with van der Waals surface area (Å²) in [7, 11) is -1.08. The molecule has 0 spiro atoms. The van der Waals surface area contributed by atoms with Gasteiger partial charge in [-0.05, 0) is 37.3 Å². The molecule has 0 aliphatic carbocycles. The standard InChI is InChI=1S/C11H26O2Si/c1-9(11(2,3)4)7-8-10(12)13-14(5)6/h9-10,12,14H,7-8H2,1-6H3/t9?,10-/m1/s1. The molecule has 0 aliphatic heterocycles. The molecule has 0 aromatic carbocycles. The molecule has 0 aliphatic rings. The zero-order valence-electron chi connectivity index (χ0n) is 10.5. The van der Waals surface area contributed by atoms with Crippen LogP contribution in [0.4, 0.5) is 0 Å². The van der Waals surface area contributed by atoms with Crippen molar-refractivity contribution in [2.45, 2.75) is 59.9 Å². The SMILES string of the molecule is CC(CC[C@H](O)O[SiH](C)C)C(C)(C)C. The van der Waals surface area contributed by atoms with Gasteiger partial charge in [0.05, 0.1) is 0 Å². The molecule has 3 heteroatoms. The molecule has 0 radical (unpaired) electrons. The van der Waals surface area contributed by atoms with E-state index in [-0.39, 0.29) is 0 Å². The Morgan fingerprint density at radius 1 is 1.21 bits per heavy atom. The molecule has 2 atom stereocenters. The third-order valence-electron chi connectivity index (χ3n) is 2.75. The molecular formula is C11H26O2Si. The molecule has 2 nitrogen and oxygen atoms in total. The van der Waals surface area contributed by atoms with Gasteiger partial charge in [-0.2, -0.15) is 0 Å². The first-order valence-corrected chi connectivity index (χ1v) is 8.35. The van der Waals surface area contributed by atoms with Gasteiger partial charge >= 0.3 is 0 Å². The largest absolute Gasteiger partial charge is 0.396 e. The van der Waals surface area contributed by atoms with Crippen LogP contribution in [0.1, 0.15) is 40.5 Å². The van der Waals surface area contributed by atoms with Crippen molar-refractivity contribution in [3.8, 4) is 0 Å². The number of rotatable bonds is 5. The molecule has 0 saturated carbocycles.